The largest absolute Gasteiger partial charge is 0.443 e. The third-order valence-corrected chi connectivity index (χ3v) is 2.45. The van der Waals surface area contributed by atoms with E-state index in [1.165, 1.54) is 4.90 Å². The van der Waals surface area contributed by atoms with Crippen molar-refractivity contribution in [1.82, 2.24) is 10.2 Å². The first-order valence-electron chi connectivity index (χ1n) is 6.21. The van der Waals surface area contributed by atoms with Gasteiger partial charge >= 0.3 is 6.09 Å². The summed E-state index contributed by atoms with van der Waals surface area (Å²) < 4.78 is 5.35. The summed E-state index contributed by atoms with van der Waals surface area (Å²) >= 11 is 0. The van der Waals surface area contributed by atoms with Crippen molar-refractivity contribution in [2.24, 2.45) is 0 Å². The van der Waals surface area contributed by atoms with Crippen LogP contribution in [0.25, 0.3) is 0 Å². The number of carbonyl (C=O) groups is 1. The maximum absolute atomic E-state index is 12.0. The van der Waals surface area contributed by atoms with Gasteiger partial charge in [-0.2, -0.15) is 0 Å². The molecule has 19 heavy (non-hydrogen) atoms. The molecule has 1 aromatic carbocycles. The van der Waals surface area contributed by atoms with Crippen molar-refractivity contribution < 1.29 is 9.53 Å². The summed E-state index contributed by atoms with van der Waals surface area (Å²) in [5.74, 6) is 0. The highest BCUT2D eigenvalue weighted by Crippen LogP contribution is 2.16. The number of hydrogen-bond acceptors (Lipinski definition) is 4. The van der Waals surface area contributed by atoms with Gasteiger partial charge in [0, 0.05) is 18.1 Å². The van der Waals surface area contributed by atoms with Crippen LogP contribution < -0.4 is 10.6 Å². The molecule has 1 unspecified atom stereocenters. The Balaban J connectivity index is 2.00. The van der Waals surface area contributed by atoms with Crippen molar-refractivity contribution >= 4 is 11.8 Å². The molecule has 0 aromatic heterocycles. The van der Waals surface area contributed by atoms with Gasteiger partial charge in [-0.25, -0.2) is 9.69 Å². The second-order valence-electron chi connectivity index (χ2n) is 5.28. The summed E-state index contributed by atoms with van der Waals surface area (Å²) in [6.07, 6.45) is 2.65. The van der Waals surface area contributed by atoms with Gasteiger partial charge in [0.25, 0.3) is 0 Å². The Bertz CT molecular complexity index is 465. The second kappa shape index (κ2) is 5.22. The molecule has 0 saturated carbocycles. The van der Waals surface area contributed by atoms with Gasteiger partial charge in [0.05, 0.1) is 0 Å². The molecule has 1 heterocycles. The Kier molecular flexibility index (Phi) is 3.64. The number of amides is 1. The van der Waals surface area contributed by atoms with E-state index >= 15 is 0 Å². The molecule has 0 aliphatic carbocycles. The molecule has 0 bridgehead atoms. The highest BCUT2D eigenvalue weighted by molar-refractivity contribution is 5.71. The van der Waals surface area contributed by atoms with Gasteiger partial charge < -0.3 is 15.4 Å². The van der Waals surface area contributed by atoms with Crippen LogP contribution in [0.4, 0.5) is 10.5 Å². The zero-order chi connectivity index (χ0) is 13.9. The van der Waals surface area contributed by atoms with Crippen LogP contribution in [0.3, 0.4) is 0 Å². The van der Waals surface area contributed by atoms with Crippen LogP contribution in [0.1, 0.15) is 20.8 Å². The normalized spacial score (nSPS) is 18.1. The first-order valence-corrected chi connectivity index (χ1v) is 6.21. The fraction of sp³-hybridized carbons (Fsp3) is 0.357. The fourth-order valence-corrected chi connectivity index (χ4v) is 1.67. The molecule has 102 valence electrons. The van der Waals surface area contributed by atoms with Crippen LogP contribution in [0.5, 0.6) is 0 Å². The fourth-order valence-electron chi connectivity index (χ4n) is 1.67. The van der Waals surface area contributed by atoms with Crippen LogP contribution >= 0.6 is 0 Å². The summed E-state index contributed by atoms with van der Waals surface area (Å²) in [7, 11) is 0. The molecular formula is C14H19N3O2. The van der Waals surface area contributed by atoms with E-state index in [4.69, 9.17) is 4.74 Å². The number of carbonyl (C=O) groups excluding carboxylic acids is 1. The molecule has 0 spiro atoms. The molecule has 1 atom stereocenters. The van der Waals surface area contributed by atoms with E-state index in [-0.39, 0.29) is 12.4 Å². The Hall–Kier alpha value is -2.17. The third kappa shape index (κ3) is 3.64. The summed E-state index contributed by atoms with van der Waals surface area (Å²) in [5, 5.41) is 6.26. The molecule has 2 N–H and O–H groups in total. The predicted molar refractivity (Wildman–Crippen MR) is 74.2 cm³/mol. The molecule has 1 amide bonds. The number of hydrogen-bond donors (Lipinski definition) is 2. The Labute approximate surface area is 113 Å². The van der Waals surface area contributed by atoms with Crippen molar-refractivity contribution in [3.63, 3.8) is 0 Å². The van der Waals surface area contributed by atoms with Crippen LogP contribution in [-0.2, 0) is 4.74 Å². The van der Waals surface area contributed by atoms with Crippen molar-refractivity contribution in [2.75, 3.05) is 5.32 Å². The summed E-state index contributed by atoms with van der Waals surface area (Å²) in [5.41, 5.74) is 0.419. The first kappa shape index (κ1) is 13.3. The number of nitrogens with one attached hydrogen (secondary N) is 2. The minimum atomic E-state index is -0.509. The lowest BCUT2D eigenvalue weighted by molar-refractivity contribution is 0.0294. The smallest absolute Gasteiger partial charge is 0.417 e. The van der Waals surface area contributed by atoms with E-state index < -0.39 is 5.60 Å². The molecule has 1 aliphatic heterocycles. The van der Waals surface area contributed by atoms with Gasteiger partial charge in [0.2, 0.25) is 0 Å². The monoisotopic (exact) mass is 261 g/mol. The van der Waals surface area contributed by atoms with Gasteiger partial charge in [-0.05, 0) is 32.9 Å². The summed E-state index contributed by atoms with van der Waals surface area (Å²) in [4.78, 5) is 13.5. The average Bonchev–Trinajstić information content (AvgIpc) is 2.76. The van der Waals surface area contributed by atoms with Crippen molar-refractivity contribution in [1.29, 1.82) is 0 Å². The molecule has 2 rings (SSSR count). The standard InChI is InChI=1S/C14H19N3O2/c1-14(2,3)19-13(18)17-10-9-15-12(17)16-11-7-5-4-6-8-11/h4-10,12,15-16H,1-3H3. The second-order valence-corrected chi connectivity index (χ2v) is 5.28. The quantitative estimate of drug-likeness (QED) is 0.859. The Morgan fingerprint density at radius 1 is 1.32 bits per heavy atom. The lowest BCUT2D eigenvalue weighted by atomic mass is 10.2. The molecular weight excluding hydrogens is 242 g/mol. The lowest BCUT2D eigenvalue weighted by Gasteiger charge is -2.28. The Morgan fingerprint density at radius 2 is 2.00 bits per heavy atom. The highest BCUT2D eigenvalue weighted by Gasteiger charge is 2.28. The number of rotatable bonds is 2. The number of benzene rings is 1. The highest BCUT2D eigenvalue weighted by atomic mass is 16.6. The van der Waals surface area contributed by atoms with Crippen molar-refractivity contribution in [2.45, 2.75) is 32.7 Å². The lowest BCUT2D eigenvalue weighted by Crippen LogP contribution is -2.46. The van der Waals surface area contributed by atoms with Crippen LogP contribution in [0, 0.1) is 0 Å². The average molecular weight is 261 g/mol. The topological polar surface area (TPSA) is 53.6 Å². The number of anilines is 1. The maximum Gasteiger partial charge on any atom is 0.417 e. The Morgan fingerprint density at radius 3 is 2.63 bits per heavy atom. The van der Waals surface area contributed by atoms with Crippen LogP contribution in [0.2, 0.25) is 0 Å². The molecule has 0 radical (unpaired) electrons. The number of nitrogens with zero attached hydrogens (tertiary/aromatic N) is 1. The first-order chi connectivity index (χ1) is 8.96. The van der Waals surface area contributed by atoms with Crippen molar-refractivity contribution in [3.8, 4) is 0 Å². The number of ether oxygens (including phenoxy) is 1. The van der Waals surface area contributed by atoms with E-state index in [1.54, 1.807) is 12.4 Å². The van der Waals surface area contributed by atoms with Crippen molar-refractivity contribution in [3.05, 3.63) is 42.7 Å². The van der Waals surface area contributed by atoms with Gasteiger partial charge in [0.1, 0.15) is 5.60 Å². The minimum Gasteiger partial charge on any atom is -0.443 e. The van der Waals surface area contributed by atoms with E-state index in [9.17, 15) is 4.79 Å². The van der Waals surface area contributed by atoms with Gasteiger partial charge in [-0.15, -0.1) is 0 Å². The maximum atomic E-state index is 12.0. The van der Waals surface area contributed by atoms with Gasteiger partial charge in [-0.3, -0.25) is 0 Å². The number of para-hydroxylation sites is 1. The van der Waals surface area contributed by atoms with E-state index in [0.29, 0.717) is 0 Å². The molecule has 1 aromatic rings. The van der Waals surface area contributed by atoms with Crippen LogP contribution in [0.15, 0.2) is 42.7 Å². The van der Waals surface area contributed by atoms with Gasteiger partial charge in [-0.1, -0.05) is 18.2 Å². The summed E-state index contributed by atoms with van der Waals surface area (Å²) in [6, 6.07) is 9.68. The SMILES string of the molecule is CC(C)(C)OC(=O)N1C=CNC1Nc1ccccc1. The molecule has 1 aliphatic rings. The van der Waals surface area contributed by atoms with Crippen LogP contribution in [-0.4, -0.2) is 22.9 Å². The van der Waals surface area contributed by atoms with E-state index in [2.05, 4.69) is 10.6 Å². The zero-order valence-corrected chi connectivity index (χ0v) is 11.4. The molecule has 0 saturated heterocycles. The third-order valence-electron chi connectivity index (χ3n) is 2.45. The van der Waals surface area contributed by atoms with Gasteiger partial charge in [0.15, 0.2) is 6.29 Å². The summed E-state index contributed by atoms with van der Waals surface area (Å²) in [6.45, 7) is 5.53. The molecule has 5 nitrogen and oxygen atoms in total. The van der Waals surface area contributed by atoms with E-state index in [0.717, 1.165) is 5.69 Å². The zero-order valence-electron chi connectivity index (χ0n) is 11.4. The van der Waals surface area contributed by atoms with E-state index in [1.807, 2.05) is 51.1 Å². The molecule has 0 fully saturated rings. The minimum absolute atomic E-state index is 0.336. The molecule has 5 heteroatoms. The predicted octanol–water partition coefficient (Wildman–Crippen LogP) is 2.69.